The van der Waals surface area contributed by atoms with Gasteiger partial charge in [0.25, 0.3) is 0 Å². The average molecular weight is 296 g/mol. The Morgan fingerprint density at radius 3 is 2.00 bits per heavy atom. The van der Waals surface area contributed by atoms with Crippen LogP contribution in [-0.4, -0.2) is 32.4 Å². The zero-order chi connectivity index (χ0) is 13.3. The SMILES string of the molecule is CCC[N](/C(=C\C(=O)CC)CC)[Ga]([CH2]C)[CH2]C. The number of hydrogen-bond donors (Lipinski definition) is 0. The van der Waals surface area contributed by atoms with Gasteiger partial charge in [-0.15, -0.1) is 0 Å². The molecule has 0 aromatic heterocycles. The first-order valence-electron chi connectivity index (χ1n) is 7.14. The summed E-state index contributed by atoms with van der Waals surface area (Å²) >= 11 is -1.36. The number of rotatable bonds is 9. The van der Waals surface area contributed by atoms with Crippen molar-refractivity contribution in [2.75, 3.05) is 6.54 Å². The fourth-order valence-electron chi connectivity index (χ4n) is 2.21. The zero-order valence-corrected chi connectivity index (χ0v) is 14.7. The molecule has 0 aliphatic carbocycles. The van der Waals surface area contributed by atoms with Crippen LogP contribution in [0, 0.1) is 0 Å². The number of carbonyl (C=O) groups excluding carboxylic acids is 1. The van der Waals surface area contributed by atoms with Crippen LogP contribution in [0.1, 0.15) is 53.9 Å². The minimum atomic E-state index is -1.36. The molecule has 0 atom stereocenters. The van der Waals surface area contributed by atoms with E-state index in [0.717, 1.165) is 13.0 Å². The van der Waals surface area contributed by atoms with Crippen LogP contribution in [0.3, 0.4) is 0 Å². The second kappa shape index (κ2) is 9.83. The summed E-state index contributed by atoms with van der Waals surface area (Å²) in [4.78, 5) is 14.3. The van der Waals surface area contributed by atoms with Gasteiger partial charge in [0.1, 0.15) is 0 Å². The van der Waals surface area contributed by atoms with Crippen molar-refractivity contribution in [3.05, 3.63) is 11.8 Å². The summed E-state index contributed by atoms with van der Waals surface area (Å²) in [6.07, 6.45) is 4.70. The van der Waals surface area contributed by atoms with Gasteiger partial charge in [-0.2, -0.15) is 0 Å². The predicted octanol–water partition coefficient (Wildman–Crippen LogP) is 4.00. The van der Waals surface area contributed by atoms with Gasteiger partial charge >= 0.3 is 113 Å². The first-order chi connectivity index (χ1) is 8.14. The van der Waals surface area contributed by atoms with Gasteiger partial charge in [0.05, 0.1) is 0 Å². The molecule has 0 bridgehead atoms. The van der Waals surface area contributed by atoms with Crippen molar-refractivity contribution in [3.63, 3.8) is 0 Å². The van der Waals surface area contributed by atoms with Crippen LogP contribution in [0.25, 0.3) is 0 Å². The second-order valence-electron chi connectivity index (χ2n) is 4.47. The second-order valence-corrected chi connectivity index (χ2v) is 12.0. The third-order valence-corrected chi connectivity index (χ3v) is 10.3. The molecule has 0 aliphatic heterocycles. The molecule has 0 aromatic carbocycles. The van der Waals surface area contributed by atoms with Crippen LogP contribution in [0.15, 0.2) is 11.8 Å². The fraction of sp³-hybridized carbons (Fsp3) is 0.786. The van der Waals surface area contributed by atoms with Crippen molar-refractivity contribution >= 4 is 22.2 Å². The van der Waals surface area contributed by atoms with Crippen molar-refractivity contribution in [2.45, 2.75) is 63.8 Å². The number of carbonyl (C=O) groups is 1. The minimum absolute atomic E-state index is 0.274. The molecule has 17 heavy (non-hydrogen) atoms. The molecule has 0 aliphatic rings. The monoisotopic (exact) mass is 295 g/mol. The van der Waals surface area contributed by atoms with E-state index in [-0.39, 0.29) is 5.78 Å². The molecule has 98 valence electrons. The van der Waals surface area contributed by atoms with Crippen LogP contribution >= 0.6 is 0 Å². The van der Waals surface area contributed by atoms with E-state index in [4.69, 9.17) is 0 Å². The van der Waals surface area contributed by atoms with Gasteiger partial charge in [-0.3, -0.25) is 0 Å². The van der Waals surface area contributed by atoms with E-state index in [1.54, 1.807) is 0 Å². The van der Waals surface area contributed by atoms with Crippen LogP contribution < -0.4 is 0 Å². The third kappa shape index (κ3) is 5.82. The Bertz CT molecular complexity index is 247. The molecule has 0 amide bonds. The molecule has 3 heteroatoms. The van der Waals surface area contributed by atoms with E-state index in [0.29, 0.717) is 6.42 Å². The van der Waals surface area contributed by atoms with Crippen molar-refractivity contribution in [2.24, 2.45) is 0 Å². The maximum absolute atomic E-state index is 11.6. The summed E-state index contributed by atoms with van der Waals surface area (Å²) in [5.41, 5.74) is 1.30. The molecule has 0 unspecified atom stereocenters. The van der Waals surface area contributed by atoms with Gasteiger partial charge in [-0.25, -0.2) is 0 Å². The molecule has 0 aromatic rings. The summed E-state index contributed by atoms with van der Waals surface area (Å²) < 4.78 is 2.63. The molecule has 0 fully saturated rings. The summed E-state index contributed by atoms with van der Waals surface area (Å²) in [6, 6.07) is 0. The Labute approximate surface area is 113 Å². The molecule has 0 radical (unpaired) electrons. The van der Waals surface area contributed by atoms with E-state index in [1.165, 1.54) is 22.1 Å². The van der Waals surface area contributed by atoms with E-state index in [2.05, 4.69) is 31.3 Å². The molecular weight excluding hydrogens is 268 g/mol. The molecule has 2 nitrogen and oxygen atoms in total. The van der Waals surface area contributed by atoms with Crippen molar-refractivity contribution in [3.8, 4) is 0 Å². The van der Waals surface area contributed by atoms with Gasteiger partial charge in [0.15, 0.2) is 0 Å². The molecular formula is C14H28GaNO. The normalized spacial score (nSPS) is 11.5. The zero-order valence-electron chi connectivity index (χ0n) is 12.3. The number of nitrogens with zero attached hydrogens (tertiary/aromatic N) is 1. The molecule has 0 rings (SSSR count). The predicted molar refractivity (Wildman–Crippen MR) is 77.4 cm³/mol. The van der Waals surface area contributed by atoms with Crippen LogP contribution in [-0.2, 0) is 4.79 Å². The van der Waals surface area contributed by atoms with Crippen molar-refractivity contribution < 1.29 is 4.79 Å². The average Bonchev–Trinajstić information content (AvgIpc) is 2.36. The topological polar surface area (TPSA) is 20.3 Å². The first kappa shape index (κ1) is 16.8. The van der Waals surface area contributed by atoms with Gasteiger partial charge in [0, 0.05) is 0 Å². The first-order valence-corrected chi connectivity index (χ1v) is 11.6. The summed E-state index contributed by atoms with van der Waals surface area (Å²) in [5.74, 6) is 0.274. The number of allylic oxidation sites excluding steroid dienone is 2. The maximum atomic E-state index is 11.6. The van der Waals surface area contributed by atoms with E-state index in [1.807, 2.05) is 13.0 Å². The van der Waals surface area contributed by atoms with Gasteiger partial charge in [-0.05, 0) is 0 Å². The Hall–Kier alpha value is -0.154. The Balaban J connectivity index is 4.97. The molecule has 0 saturated carbocycles. The van der Waals surface area contributed by atoms with Crippen LogP contribution in [0.2, 0.25) is 9.95 Å². The summed E-state index contributed by atoms with van der Waals surface area (Å²) in [7, 11) is 0. The Morgan fingerprint density at radius 1 is 1.06 bits per heavy atom. The molecule has 0 saturated heterocycles. The van der Waals surface area contributed by atoms with Crippen molar-refractivity contribution in [1.29, 1.82) is 0 Å². The van der Waals surface area contributed by atoms with E-state index >= 15 is 0 Å². The van der Waals surface area contributed by atoms with Crippen LogP contribution in [0.5, 0.6) is 0 Å². The Morgan fingerprint density at radius 2 is 1.65 bits per heavy atom. The Kier molecular flexibility index (Phi) is 9.74. The quantitative estimate of drug-likeness (QED) is 0.473. The fourth-order valence-corrected chi connectivity index (χ4v) is 8.10. The van der Waals surface area contributed by atoms with Crippen molar-refractivity contribution in [1.82, 2.24) is 3.61 Å². The van der Waals surface area contributed by atoms with Gasteiger partial charge < -0.3 is 0 Å². The van der Waals surface area contributed by atoms with Gasteiger partial charge in [0.2, 0.25) is 0 Å². The molecule has 0 heterocycles. The van der Waals surface area contributed by atoms with E-state index in [9.17, 15) is 4.79 Å². The summed E-state index contributed by atoms with van der Waals surface area (Å²) in [5, 5.41) is 0. The third-order valence-electron chi connectivity index (χ3n) is 3.25. The molecule has 0 spiro atoms. The van der Waals surface area contributed by atoms with Crippen LogP contribution in [0.4, 0.5) is 0 Å². The number of ketones is 1. The molecule has 0 N–H and O–H groups in total. The standard InChI is InChI=1S/C10H19NO.2C2H5.Ga/c1-4-7-11-9(5-2)8-10(12)6-3;2*1-2;/h8H,4-7H2,1-3H3,(H,11,12);2*1H2,2H3;/q;;;+1/p-1. The van der Waals surface area contributed by atoms with Gasteiger partial charge in [-0.1, -0.05) is 0 Å². The number of hydrogen-bond acceptors (Lipinski definition) is 2. The van der Waals surface area contributed by atoms with E-state index < -0.39 is 16.5 Å². The summed E-state index contributed by atoms with van der Waals surface area (Å²) in [6.45, 7) is 12.1.